The fourth-order valence-corrected chi connectivity index (χ4v) is 0. The highest BCUT2D eigenvalue weighted by atomic mass is 79.9. The van der Waals surface area contributed by atoms with Crippen LogP contribution in [-0.2, 0) is 0 Å². The molecule has 0 aliphatic carbocycles. The molecule has 0 amide bonds. The molecular formula is C4H11BrO. The molecule has 2 heteroatoms. The van der Waals surface area contributed by atoms with E-state index < -0.39 is 0 Å². The maximum Gasteiger partial charge on any atom is 0.0528 e. The van der Waals surface area contributed by atoms with Crippen molar-refractivity contribution in [2.45, 2.75) is 13.8 Å². The Morgan fingerprint density at radius 1 is 1.50 bits per heavy atom. The highest BCUT2D eigenvalue weighted by molar-refractivity contribution is 9.09. The van der Waals surface area contributed by atoms with Gasteiger partial charge in [-0.25, -0.2) is 0 Å². The smallest absolute Gasteiger partial charge is 0.0528 e. The molecule has 0 radical (unpaired) electrons. The second-order valence-electron chi connectivity index (χ2n) is 0.413. The first-order valence-corrected chi connectivity index (χ1v) is 3.20. The second kappa shape index (κ2) is 18.0. The first-order valence-electron chi connectivity index (χ1n) is 2.08. The number of aliphatic hydroxyl groups is 1. The summed E-state index contributed by atoms with van der Waals surface area (Å²) >= 11 is 3.00. The van der Waals surface area contributed by atoms with Crippen LogP contribution in [0.15, 0.2) is 0 Å². The summed E-state index contributed by atoms with van der Waals surface area (Å²) in [5, 5.41) is 8.52. The van der Waals surface area contributed by atoms with Crippen molar-refractivity contribution in [1.82, 2.24) is 0 Å². The Morgan fingerprint density at radius 3 is 1.67 bits per heavy atom. The van der Waals surface area contributed by atoms with Crippen LogP contribution in [0.25, 0.3) is 0 Å². The van der Waals surface area contributed by atoms with Gasteiger partial charge in [0, 0.05) is 5.33 Å². The molecule has 1 nitrogen and oxygen atoms in total. The average molecular weight is 155 g/mol. The van der Waals surface area contributed by atoms with Gasteiger partial charge in [0.15, 0.2) is 0 Å². The fourth-order valence-electron chi connectivity index (χ4n) is 0. The molecule has 0 heterocycles. The molecular weight excluding hydrogens is 144 g/mol. The van der Waals surface area contributed by atoms with E-state index in [9.17, 15) is 0 Å². The number of aliphatic hydroxyl groups excluding tert-OH is 1. The molecule has 0 bridgehead atoms. The third-order valence-electron chi connectivity index (χ3n) is 0.0845. The largest absolute Gasteiger partial charge is 0.396 e. The van der Waals surface area contributed by atoms with Gasteiger partial charge in [-0.3, -0.25) is 0 Å². The third kappa shape index (κ3) is 25.3. The summed E-state index contributed by atoms with van der Waals surface area (Å²) in [6, 6.07) is 0. The Labute approximate surface area is 47.5 Å². The van der Waals surface area contributed by atoms with Gasteiger partial charge in [-0.05, 0) is 0 Å². The molecule has 0 unspecified atom stereocenters. The van der Waals surface area contributed by atoms with Gasteiger partial charge in [0.05, 0.1) is 6.61 Å². The zero-order valence-electron chi connectivity index (χ0n) is 4.24. The van der Waals surface area contributed by atoms with Crippen LogP contribution in [0.2, 0.25) is 0 Å². The summed E-state index contributed by atoms with van der Waals surface area (Å²) in [6.07, 6.45) is 0. The predicted octanol–water partition coefficient (Wildman–Crippen LogP) is 1.40. The highest BCUT2D eigenvalue weighted by Gasteiger charge is 1.59. The summed E-state index contributed by atoms with van der Waals surface area (Å²) in [5.74, 6) is 0. The van der Waals surface area contributed by atoms with E-state index in [0.29, 0.717) is 5.33 Å². The van der Waals surface area contributed by atoms with Crippen LogP contribution in [0, 0.1) is 0 Å². The maximum atomic E-state index is 7.83. The topological polar surface area (TPSA) is 20.2 Å². The lowest BCUT2D eigenvalue weighted by Gasteiger charge is -1.67. The molecule has 0 fully saturated rings. The number of rotatable bonds is 1. The Morgan fingerprint density at radius 2 is 1.67 bits per heavy atom. The van der Waals surface area contributed by atoms with E-state index in [4.69, 9.17) is 5.11 Å². The lowest BCUT2D eigenvalue weighted by atomic mass is 10.9. The van der Waals surface area contributed by atoms with E-state index in [0.717, 1.165) is 0 Å². The molecule has 0 aromatic carbocycles. The first kappa shape index (κ1) is 9.67. The molecule has 0 saturated carbocycles. The van der Waals surface area contributed by atoms with Crippen LogP contribution in [0.4, 0.5) is 0 Å². The molecule has 0 rings (SSSR count). The van der Waals surface area contributed by atoms with E-state index in [1.807, 2.05) is 13.8 Å². The number of hydrogen-bond acceptors (Lipinski definition) is 1. The summed E-state index contributed by atoms with van der Waals surface area (Å²) in [7, 11) is 0. The van der Waals surface area contributed by atoms with Gasteiger partial charge in [-0.2, -0.15) is 0 Å². The predicted molar refractivity (Wildman–Crippen MR) is 32.2 cm³/mol. The zero-order chi connectivity index (χ0) is 5.41. The van der Waals surface area contributed by atoms with Crippen LogP contribution >= 0.6 is 15.9 Å². The lowest BCUT2D eigenvalue weighted by Crippen LogP contribution is -1.75. The molecule has 0 atom stereocenters. The van der Waals surface area contributed by atoms with Gasteiger partial charge >= 0.3 is 0 Å². The van der Waals surface area contributed by atoms with E-state index in [2.05, 4.69) is 15.9 Å². The Balaban J connectivity index is 0. The molecule has 1 N–H and O–H groups in total. The van der Waals surface area contributed by atoms with Crippen molar-refractivity contribution in [3.63, 3.8) is 0 Å². The summed E-state index contributed by atoms with van der Waals surface area (Å²) < 4.78 is 0. The molecule has 0 aromatic rings. The Bertz CT molecular complexity index is 9.51. The summed E-state index contributed by atoms with van der Waals surface area (Å²) in [4.78, 5) is 0. The van der Waals surface area contributed by atoms with Gasteiger partial charge in [0.25, 0.3) is 0 Å². The van der Waals surface area contributed by atoms with Crippen LogP contribution in [0.1, 0.15) is 13.8 Å². The highest BCUT2D eigenvalue weighted by Crippen LogP contribution is 1.69. The van der Waals surface area contributed by atoms with Crippen LogP contribution in [0.5, 0.6) is 0 Å². The Kier molecular flexibility index (Phi) is 29.0. The summed E-state index contributed by atoms with van der Waals surface area (Å²) in [5.41, 5.74) is 0. The first-order chi connectivity index (χ1) is 2.91. The normalized spacial score (nSPS) is 6.00. The fraction of sp³-hybridized carbons (Fsp3) is 1.00. The van der Waals surface area contributed by atoms with Gasteiger partial charge in [-0.15, -0.1) is 0 Å². The monoisotopic (exact) mass is 154 g/mol. The Hall–Kier alpha value is 0.440. The van der Waals surface area contributed by atoms with E-state index in [-0.39, 0.29) is 6.61 Å². The van der Waals surface area contributed by atoms with Gasteiger partial charge in [0.1, 0.15) is 0 Å². The standard InChI is InChI=1S/C2H5BrO.C2H6/c3-1-2-4;1-2/h4H,1-2H2;1-2H3. The van der Waals surface area contributed by atoms with Crippen molar-refractivity contribution in [1.29, 1.82) is 0 Å². The molecule has 6 heavy (non-hydrogen) atoms. The van der Waals surface area contributed by atoms with Crippen molar-refractivity contribution < 1.29 is 5.11 Å². The minimum Gasteiger partial charge on any atom is -0.396 e. The minimum absolute atomic E-state index is 0.236. The molecule has 40 valence electrons. The number of alkyl halides is 1. The van der Waals surface area contributed by atoms with E-state index >= 15 is 0 Å². The number of halogens is 1. The molecule has 0 spiro atoms. The van der Waals surface area contributed by atoms with Crippen LogP contribution in [0.3, 0.4) is 0 Å². The van der Waals surface area contributed by atoms with Crippen molar-refractivity contribution >= 4 is 15.9 Å². The molecule has 0 aromatic heterocycles. The van der Waals surface area contributed by atoms with Crippen molar-refractivity contribution in [3.8, 4) is 0 Å². The minimum atomic E-state index is 0.236. The quantitative estimate of drug-likeness (QED) is 0.567. The average Bonchev–Trinajstić information content (AvgIpc) is 1.72. The van der Waals surface area contributed by atoms with Crippen LogP contribution in [-0.4, -0.2) is 17.0 Å². The SMILES string of the molecule is CC.OCCBr. The lowest BCUT2D eigenvalue weighted by molar-refractivity contribution is 0.324. The molecule has 0 aliphatic heterocycles. The maximum absolute atomic E-state index is 7.83. The van der Waals surface area contributed by atoms with Gasteiger partial charge < -0.3 is 5.11 Å². The van der Waals surface area contributed by atoms with E-state index in [1.54, 1.807) is 0 Å². The van der Waals surface area contributed by atoms with E-state index in [1.165, 1.54) is 0 Å². The third-order valence-corrected chi connectivity index (χ3v) is 0.439. The molecule has 0 saturated heterocycles. The second-order valence-corrected chi connectivity index (χ2v) is 1.21. The number of hydrogen-bond donors (Lipinski definition) is 1. The van der Waals surface area contributed by atoms with Gasteiger partial charge in [0.2, 0.25) is 0 Å². The summed E-state index contributed by atoms with van der Waals surface area (Å²) in [6.45, 7) is 4.24. The molecule has 0 aliphatic rings. The van der Waals surface area contributed by atoms with Crippen molar-refractivity contribution in [2.24, 2.45) is 0 Å². The van der Waals surface area contributed by atoms with Crippen molar-refractivity contribution in [3.05, 3.63) is 0 Å². The zero-order valence-corrected chi connectivity index (χ0v) is 5.83. The van der Waals surface area contributed by atoms with Crippen LogP contribution < -0.4 is 0 Å². The van der Waals surface area contributed by atoms with Gasteiger partial charge in [-0.1, -0.05) is 29.8 Å². The van der Waals surface area contributed by atoms with Crippen molar-refractivity contribution in [2.75, 3.05) is 11.9 Å².